The van der Waals surface area contributed by atoms with Crippen LogP contribution in [0.5, 0.6) is 5.75 Å². The van der Waals surface area contributed by atoms with Crippen molar-refractivity contribution in [2.45, 2.75) is 57.8 Å². The number of hydrogen-bond acceptors (Lipinski definition) is 2. The number of benzene rings is 1. The van der Waals surface area contributed by atoms with E-state index < -0.39 is 0 Å². The number of aryl methyl sites for hydroxylation is 1. The molecule has 0 spiro atoms. The van der Waals surface area contributed by atoms with E-state index in [1.54, 1.807) is 4.90 Å². The van der Waals surface area contributed by atoms with Crippen molar-refractivity contribution in [2.75, 3.05) is 18.6 Å². The minimum atomic E-state index is 0.202. The normalized spacial score (nSPS) is 19.1. The zero-order valence-electron chi connectivity index (χ0n) is 13.6. The van der Waals surface area contributed by atoms with Crippen molar-refractivity contribution in [2.24, 2.45) is 5.92 Å². The van der Waals surface area contributed by atoms with Crippen molar-refractivity contribution >= 4 is 11.6 Å². The molecular weight excluding hydrogens is 274 g/mol. The number of ether oxygens (including phenoxy) is 1. The highest BCUT2D eigenvalue weighted by Gasteiger charge is 2.21. The lowest BCUT2D eigenvalue weighted by Gasteiger charge is -2.26. The third kappa shape index (κ3) is 3.63. The van der Waals surface area contributed by atoms with Crippen molar-refractivity contribution in [3.05, 3.63) is 23.8 Å². The lowest BCUT2D eigenvalue weighted by molar-refractivity contribution is -0.118. The number of amides is 1. The molecule has 2 aliphatic rings. The molecule has 1 aromatic carbocycles. The highest BCUT2D eigenvalue weighted by molar-refractivity contribution is 5.95. The van der Waals surface area contributed by atoms with Gasteiger partial charge in [-0.2, -0.15) is 0 Å². The summed E-state index contributed by atoms with van der Waals surface area (Å²) in [7, 11) is 1.85. The predicted octanol–water partition coefficient (Wildman–Crippen LogP) is 4.33. The van der Waals surface area contributed by atoms with Crippen LogP contribution in [0, 0.1) is 5.92 Å². The number of carbonyl (C=O) groups excluding carboxylic acids is 1. The van der Waals surface area contributed by atoms with E-state index in [1.807, 2.05) is 19.2 Å². The van der Waals surface area contributed by atoms with Crippen molar-refractivity contribution in [1.29, 1.82) is 0 Å². The van der Waals surface area contributed by atoms with Crippen molar-refractivity contribution < 1.29 is 9.53 Å². The van der Waals surface area contributed by atoms with Gasteiger partial charge in [0.05, 0.1) is 6.61 Å². The molecule has 0 radical (unpaired) electrons. The molecule has 1 saturated carbocycles. The lowest BCUT2D eigenvalue weighted by Crippen LogP contribution is -2.30. The number of hydrogen-bond donors (Lipinski definition) is 0. The Labute approximate surface area is 133 Å². The summed E-state index contributed by atoms with van der Waals surface area (Å²) in [5.41, 5.74) is 2.26. The standard InChI is InChI=1S/C19H27NO2/c1-20-18-11-10-17(14-16(18)9-12-19(20)21)22-13-5-8-15-6-3-2-4-7-15/h10-11,14-15H,2-9,12-13H2,1H3. The summed E-state index contributed by atoms with van der Waals surface area (Å²) in [6, 6.07) is 6.12. The maximum absolute atomic E-state index is 11.7. The Morgan fingerprint density at radius 1 is 1.18 bits per heavy atom. The van der Waals surface area contributed by atoms with Crippen LogP contribution >= 0.6 is 0 Å². The van der Waals surface area contributed by atoms with Gasteiger partial charge < -0.3 is 9.64 Å². The number of rotatable bonds is 5. The maximum atomic E-state index is 11.7. The fourth-order valence-electron chi connectivity index (χ4n) is 3.76. The topological polar surface area (TPSA) is 29.5 Å². The van der Waals surface area contributed by atoms with Gasteiger partial charge in [0, 0.05) is 19.2 Å². The van der Waals surface area contributed by atoms with Gasteiger partial charge in [0.15, 0.2) is 0 Å². The summed E-state index contributed by atoms with van der Waals surface area (Å²) < 4.78 is 5.92. The van der Waals surface area contributed by atoms with Gasteiger partial charge in [-0.25, -0.2) is 0 Å². The van der Waals surface area contributed by atoms with Gasteiger partial charge in [0.1, 0.15) is 5.75 Å². The molecule has 0 N–H and O–H groups in total. The fourth-order valence-corrected chi connectivity index (χ4v) is 3.76. The van der Waals surface area contributed by atoms with Crippen molar-refractivity contribution in [3.63, 3.8) is 0 Å². The van der Waals surface area contributed by atoms with Gasteiger partial charge in [0.25, 0.3) is 0 Å². The molecule has 0 aromatic heterocycles. The fraction of sp³-hybridized carbons (Fsp3) is 0.632. The minimum Gasteiger partial charge on any atom is -0.494 e. The van der Waals surface area contributed by atoms with Crippen LogP contribution in [0.15, 0.2) is 18.2 Å². The number of nitrogens with zero attached hydrogens (tertiary/aromatic N) is 1. The number of fused-ring (bicyclic) bond motifs is 1. The summed E-state index contributed by atoms with van der Waals surface area (Å²) in [5.74, 6) is 2.08. The SMILES string of the molecule is CN1C(=O)CCc2cc(OCCCC3CCCCC3)ccc21. The smallest absolute Gasteiger partial charge is 0.227 e. The Morgan fingerprint density at radius 3 is 2.82 bits per heavy atom. The van der Waals surface area contributed by atoms with Crippen LogP contribution in [0.25, 0.3) is 0 Å². The van der Waals surface area contributed by atoms with Crippen LogP contribution in [0.4, 0.5) is 5.69 Å². The molecule has 0 saturated heterocycles. The van der Waals surface area contributed by atoms with Gasteiger partial charge >= 0.3 is 0 Å². The molecule has 3 nitrogen and oxygen atoms in total. The van der Waals surface area contributed by atoms with Crippen molar-refractivity contribution in [1.82, 2.24) is 0 Å². The molecule has 1 fully saturated rings. The molecule has 1 aliphatic heterocycles. The highest BCUT2D eigenvalue weighted by atomic mass is 16.5. The molecule has 1 aromatic rings. The average Bonchev–Trinajstić information content (AvgIpc) is 2.56. The first-order chi connectivity index (χ1) is 10.7. The monoisotopic (exact) mass is 301 g/mol. The second kappa shape index (κ2) is 7.17. The molecule has 120 valence electrons. The number of carbonyl (C=O) groups is 1. The third-order valence-electron chi connectivity index (χ3n) is 5.14. The minimum absolute atomic E-state index is 0.202. The Kier molecular flexibility index (Phi) is 5.01. The Bertz CT molecular complexity index is 520. The first-order valence-electron chi connectivity index (χ1n) is 8.76. The molecule has 0 bridgehead atoms. The maximum Gasteiger partial charge on any atom is 0.227 e. The van der Waals surface area contributed by atoms with Crippen LogP contribution in [-0.2, 0) is 11.2 Å². The van der Waals surface area contributed by atoms with Gasteiger partial charge in [0.2, 0.25) is 5.91 Å². The summed E-state index contributed by atoms with van der Waals surface area (Å²) >= 11 is 0. The van der Waals surface area contributed by atoms with Crippen LogP contribution in [0.1, 0.15) is 56.9 Å². The zero-order valence-corrected chi connectivity index (χ0v) is 13.6. The van der Waals surface area contributed by atoms with E-state index in [0.29, 0.717) is 6.42 Å². The zero-order chi connectivity index (χ0) is 15.4. The first kappa shape index (κ1) is 15.4. The van der Waals surface area contributed by atoms with E-state index in [4.69, 9.17) is 4.74 Å². The first-order valence-corrected chi connectivity index (χ1v) is 8.76. The molecule has 0 unspecified atom stereocenters. The van der Waals surface area contributed by atoms with E-state index in [0.717, 1.165) is 36.8 Å². The molecule has 22 heavy (non-hydrogen) atoms. The van der Waals surface area contributed by atoms with Gasteiger partial charge in [-0.1, -0.05) is 32.1 Å². The average molecular weight is 301 g/mol. The van der Waals surface area contributed by atoms with Crippen LogP contribution < -0.4 is 9.64 Å². The Hall–Kier alpha value is -1.51. The second-order valence-electron chi connectivity index (χ2n) is 6.74. The molecular formula is C19H27NO2. The van der Waals surface area contributed by atoms with Gasteiger partial charge in [-0.05, 0) is 48.9 Å². The quantitative estimate of drug-likeness (QED) is 0.757. The lowest BCUT2D eigenvalue weighted by atomic mass is 9.86. The van der Waals surface area contributed by atoms with E-state index >= 15 is 0 Å². The molecule has 1 aliphatic carbocycles. The molecule has 1 heterocycles. The van der Waals surface area contributed by atoms with Crippen molar-refractivity contribution in [3.8, 4) is 5.75 Å². The summed E-state index contributed by atoms with van der Waals surface area (Å²) in [5, 5.41) is 0. The van der Waals surface area contributed by atoms with E-state index in [9.17, 15) is 4.79 Å². The summed E-state index contributed by atoms with van der Waals surface area (Å²) in [6.45, 7) is 0.810. The van der Waals surface area contributed by atoms with Crippen LogP contribution in [0.2, 0.25) is 0 Å². The van der Waals surface area contributed by atoms with E-state index in [2.05, 4.69) is 6.07 Å². The highest BCUT2D eigenvalue weighted by Crippen LogP contribution is 2.30. The molecule has 3 rings (SSSR count). The van der Waals surface area contributed by atoms with E-state index in [-0.39, 0.29) is 5.91 Å². The molecule has 0 atom stereocenters. The Balaban J connectivity index is 1.48. The summed E-state index contributed by atoms with van der Waals surface area (Å²) in [4.78, 5) is 13.5. The molecule has 3 heteroatoms. The number of anilines is 1. The largest absolute Gasteiger partial charge is 0.494 e. The Morgan fingerprint density at radius 2 is 2.00 bits per heavy atom. The molecule has 1 amide bonds. The second-order valence-corrected chi connectivity index (χ2v) is 6.74. The van der Waals surface area contributed by atoms with Crippen LogP contribution in [0.3, 0.4) is 0 Å². The van der Waals surface area contributed by atoms with Gasteiger partial charge in [-0.3, -0.25) is 4.79 Å². The summed E-state index contributed by atoms with van der Waals surface area (Å²) in [6.07, 6.45) is 11.0. The third-order valence-corrected chi connectivity index (χ3v) is 5.14. The predicted molar refractivity (Wildman–Crippen MR) is 89.5 cm³/mol. The van der Waals surface area contributed by atoms with E-state index in [1.165, 1.54) is 44.1 Å². The van der Waals surface area contributed by atoms with Crippen LogP contribution in [-0.4, -0.2) is 19.6 Å². The van der Waals surface area contributed by atoms with Gasteiger partial charge in [-0.15, -0.1) is 0 Å².